The number of aromatic nitrogens is 4. The highest BCUT2D eigenvalue weighted by atomic mass is 32.2. The van der Waals surface area contributed by atoms with Crippen LogP contribution in [0.4, 0.5) is 15.4 Å². The van der Waals surface area contributed by atoms with Gasteiger partial charge < -0.3 is 70.5 Å². The number of aliphatic imine (C=N–C) groups is 1. The van der Waals surface area contributed by atoms with Crippen molar-refractivity contribution >= 4 is 74.3 Å². The number of nitrogens with zero attached hydrogens (tertiary/aromatic N) is 7. The summed E-state index contributed by atoms with van der Waals surface area (Å²) >= 11 is 1.40. The first kappa shape index (κ1) is 55.6. The molecule has 0 aliphatic carbocycles. The van der Waals surface area contributed by atoms with Crippen LogP contribution in [0, 0.1) is 0 Å². The Hall–Kier alpha value is -4.71. The van der Waals surface area contributed by atoms with Gasteiger partial charge in [-0.3, -0.25) is 27.8 Å². The summed E-state index contributed by atoms with van der Waals surface area (Å²) in [6, 6.07) is -2.19. The minimum atomic E-state index is -5.19. The van der Waals surface area contributed by atoms with Gasteiger partial charge in [-0.1, -0.05) is 0 Å². The number of nitrogens with two attached hydrogens (primary N) is 2. The average Bonchev–Trinajstić information content (AvgIpc) is 4.07. The monoisotopic (exact) mass is 1070 g/mol. The number of fused-ring (bicyclic) bond motifs is 1. The molecular weight excluding hydrogens is 1000 g/mol. The quantitative estimate of drug-likeness (QED) is 0.0420. The van der Waals surface area contributed by atoms with Crippen molar-refractivity contribution in [3.63, 3.8) is 0 Å². The molecule has 29 nitrogen and oxygen atoms in total. The van der Waals surface area contributed by atoms with Gasteiger partial charge in [0.2, 0.25) is 5.91 Å². The van der Waals surface area contributed by atoms with E-state index in [0.29, 0.717) is 12.2 Å². The number of aliphatic hydroxyl groups excluding tert-OH is 1. The summed E-state index contributed by atoms with van der Waals surface area (Å²) < 4.78 is 70.8. The highest BCUT2D eigenvalue weighted by Crippen LogP contribution is 2.49. The van der Waals surface area contributed by atoms with Gasteiger partial charge in [-0.2, -0.15) is 0 Å². The van der Waals surface area contributed by atoms with E-state index >= 15 is 0 Å². The van der Waals surface area contributed by atoms with Crippen LogP contribution >= 0.6 is 27.4 Å². The predicted octanol–water partition coefficient (Wildman–Crippen LogP) is 0.939. The smallest absolute Gasteiger partial charge is 0.455 e. The second-order valence-electron chi connectivity index (χ2n) is 18.6. The lowest BCUT2D eigenvalue weighted by molar-refractivity contribution is -0.159. The van der Waals surface area contributed by atoms with E-state index in [0.717, 1.165) is 6.33 Å². The molecule has 71 heavy (non-hydrogen) atoms. The SMILES string of the molecule is CC(C)(C)OC(=O)N[C@@H](CCCCNC(=O)[C@@H]1CSCN1C(=O)OC(C)(C)C)C(=O)O[C@H]1[C@@H](O)[C@H](n2cnc3c(N)ncnc32)O[C@@H]1COP(=O)(O)O[C@H]1C[C@H](N2C=CC(N)=NC2)O[C@@H]1COP(=O)(O)O. The number of imidazole rings is 1. The van der Waals surface area contributed by atoms with Crippen molar-refractivity contribution in [1.82, 2.24) is 40.0 Å². The number of thioether (sulfide) groups is 1. The molecule has 10 atom stereocenters. The van der Waals surface area contributed by atoms with Crippen molar-refractivity contribution in [2.24, 2.45) is 10.7 Å². The van der Waals surface area contributed by atoms with Crippen LogP contribution in [0.3, 0.4) is 0 Å². The Balaban J connectivity index is 1.16. The number of hydrogen-bond acceptors (Lipinski definition) is 23. The van der Waals surface area contributed by atoms with Crippen LogP contribution in [0.5, 0.6) is 0 Å². The van der Waals surface area contributed by atoms with Gasteiger partial charge in [0.1, 0.15) is 78.3 Å². The number of phosphoric ester groups is 2. The molecule has 0 bridgehead atoms. The van der Waals surface area contributed by atoms with E-state index in [1.54, 1.807) is 52.6 Å². The summed E-state index contributed by atoms with van der Waals surface area (Å²) in [7, 11) is -10.2. The first-order valence-electron chi connectivity index (χ1n) is 22.2. The zero-order chi connectivity index (χ0) is 52.1. The van der Waals surface area contributed by atoms with Crippen molar-refractivity contribution in [2.45, 2.75) is 133 Å². The number of unbranched alkanes of at least 4 members (excludes halogenated alkanes) is 1. The van der Waals surface area contributed by atoms with E-state index in [1.165, 1.54) is 33.6 Å². The lowest BCUT2D eigenvalue weighted by atomic mass is 10.1. The molecule has 3 fully saturated rings. The van der Waals surface area contributed by atoms with Crippen LogP contribution in [-0.2, 0) is 56.0 Å². The summed E-state index contributed by atoms with van der Waals surface area (Å²) in [6.45, 7) is 8.51. The van der Waals surface area contributed by atoms with Crippen LogP contribution in [-0.4, -0.2) is 177 Å². The molecule has 2 aromatic heterocycles. The molecule has 4 aliphatic rings. The first-order valence-corrected chi connectivity index (χ1v) is 26.4. The highest BCUT2D eigenvalue weighted by Gasteiger charge is 2.50. The Morgan fingerprint density at radius 2 is 1.69 bits per heavy atom. The minimum absolute atomic E-state index is 0.00537. The molecule has 4 aliphatic heterocycles. The van der Waals surface area contributed by atoms with Crippen molar-refractivity contribution in [1.29, 1.82) is 0 Å². The maximum absolute atomic E-state index is 14.2. The number of esters is 1. The van der Waals surface area contributed by atoms with Crippen LogP contribution < -0.4 is 22.1 Å². The Bertz CT molecular complexity index is 2400. The summed E-state index contributed by atoms with van der Waals surface area (Å²) in [6.07, 6.45) is -5.91. The van der Waals surface area contributed by atoms with Crippen molar-refractivity contribution in [3.05, 3.63) is 24.9 Å². The molecule has 396 valence electrons. The molecular formula is C39H61N11O18P2S. The standard InChI is InChI=1S/C39H61N11O18P2S/c1-38(2,3)66-36(54)47-21(9-7-8-11-42-33(52)22-16-71-20-50(22)37(55)67-39(4,5)6)35(53)65-30-25(64-34(29(30)51)49-19-46-28-31(41)43-17-44-32(28)49)15-62-70(59,60)68-23-13-27(48-12-10-26(40)45-18-48)63-24(23)14-61-69(56,57)58/h10,12,17,19,21-25,27,29-30,34,51H,7-9,11,13-16,18,20H2,1-6H3,(H2,40,45)(H,42,52)(H,47,54)(H,59,60)(H2,41,43,44)(H2,56,57,58)/t21-,22-,23-,24+,25+,27+,29+,30+,34+/m0/s1. The number of nitrogens with one attached hydrogen (secondary N) is 2. The van der Waals surface area contributed by atoms with Gasteiger partial charge >= 0.3 is 33.8 Å². The van der Waals surface area contributed by atoms with Crippen LogP contribution in [0.2, 0.25) is 0 Å². The Labute approximate surface area is 411 Å². The molecule has 3 amide bonds. The fraction of sp³-hybridized carbons (Fsp3) is 0.692. The Morgan fingerprint density at radius 3 is 2.37 bits per heavy atom. The van der Waals surface area contributed by atoms with E-state index in [9.17, 15) is 48.1 Å². The number of ether oxygens (including phenoxy) is 5. The van der Waals surface area contributed by atoms with E-state index in [2.05, 4.69) is 35.1 Å². The van der Waals surface area contributed by atoms with Gasteiger partial charge in [-0.05, 0) is 66.9 Å². The van der Waals surface area contributed by atoms with Crippen molar-refractivity contribution < 1.29 is 85.4 Å². The number of anilines is 1. The van der Waals surface area contributed by atoms with E-state index < -0.39 is 119 Å². The molecule has 0 spiro atoms. The largest absolute Gasteiger partial charge is 0.472 e. The normalized spacial score (nSPS) is 26.2. The van der Waals surface area contributed by atoms with Gasteiger partial charge in [0.05, 0.1) is 25.4 Å². The van der Waals surface area contributed by atoms with Gasteiger partial charge in [-0.25, -0.2) is 43.5 Å². The summed E-state index contributed by atoms with van der Waals surface area (Å²) in [5.74, 6) is -0.620. The molecule has 0 aromatic carbocycles. The number of aliphatic hydroxyl groups is 1. The molecule has 2 aromatic rings. The number of rotatable bonds is 19. The number of hydrogen-bond donors (Lipinski definition) is 8. The van der Waals surface area contributed by atoms with Gasteiger partial charge in [-0.15, -0.1) is 11.8 Å². The molecule has 6 heterocycles. The predicted molar refractivity (Wildman–Crippen MR) is 248 cm³/mol. The minimum Gasteiger partial charge on any atom is -0.455 e. The van der Waals surface area contributed by atoms with Crippen LogP contribution in [0.1, 0.15) is 73.5 Å². The lowest BCUT2D eigenvalue weighted by Gasteiger charge is -2.27. The topological polar surface area (TPSA) is 396 Å². The molecule has 32 heteroatoms. The second kappa shape index (κ2) is 23.0. The molecule has 0 saturated carbocycles. The summed E-state index contributed by atoms with van der Waals surface area (Å²) in [5.41, 5.74) is 10.2. The van der Waals surface area contributed by atoms with E-state index in [4.69, 9.17) is 44.2 Å². The molecule has 0 radical (unpaired) electrons. The second-order valence-corrected chi connectivity index (χ2v) is 22.3. The molecule has 1 unspecified atom stereocenters. The number of amidine groups is 1. The number of nitrogen functional groups attached to an aromatic ring is 1. The van der Waals surface area contributed by atoms with E-state index in [-0.39, 0.29) is 61.2 Å². The zero-order valence-electron chi connectivity index (χ0n) is 39.7. The Kier molecular flexibility index (Phi) is 18.0. The molecule has 3 saturated heterocycles. The fourth-order valence-corrected chi connectivity index (χ4v) is 9.94. The average molecular weight is 1070 g/mol. The van der Waals surface area contributed by atoms with Crippen LogP contribution in [0.25, 0.3) is 11.2 Å². The highest BCUT2D eigenvalue weighted by molar-refractivity contribution is 7.99. The zero-order valence-corrected chi connectivity index (χ0v) is 42.3. The number of carbonyl (C=O) groups excluding carboxylic acids is 4. The third-order valence-electron chi connectivity index (χ3n) is 10.7. The number of amides is 3. The van der Waals surface area contributed by atoms with Crippen LogP contribution in [0.15, 0.2) is 29.9 Å². The third-order valence-corrected chi connectivity index (χ3v) is 13.2. The van der Waals surface area contributed by atoms with Crippen molar-refractivity contribution in [2.75, 3.05) is 43.8 Å². The maximum atomic E-state index is 14.2. The number of carbonyl (C=O) groups is 4. The summed E-state index contributed by atoms with van der Waals surface area (Å²) in [4.78, 5) is 102. The number of phosphoric acid groups is 2. The molecule has 10 N–H and O–H groups in total. The first-order chi connectivity index (χ1) is 33.2. The maximum Gasteiger partial charge on any atom is 0.472 e. The van der Waals surface area contributed by atoms with Gasteiger partial charge in [0.15, 0.2) is 23.8 Å². The fourth-order valence-electron chi connectivity index (χ4n) is 7.49. The van der Waals surface area contributed by atoms with Gasteiger partial charge in [0.25, 0.3) is 0 Å². The summed E-state index contributed by atoms with van der Waals surface area (Å²) in [5, 5.41) is 17.1. The third kappa shape index (κ3) is 15.6. The lowest BCUT2D eigenvalue weighted by Crippen LogP contribution is -2.49. The Morgan fingerprint density at radius 1 is 0.972 bits per heavy atom. The molecule has 6 rings (SSSR count). The van der Waals surface area contributed by atoms with Gasteiger partial charge in [0, 0.05) is 24.9 Å². The number of alkyl carbamates (subject to hydrolysis) is 1. The van der Waals surface area contributed by atoms with E-state index in [1.807, 2.05) is 0 Å². The van der Waals surface area contributed by atoms with Crippen molar-refractivity contribution in [3.8, 4) is 0 Å².